The van der Waals surface area contributed by atoms with Crippen LogP contribution in [0.25, 0.3) is 0 Å². The second-order valence-corrected chi connectivity index (χ2v) is 7.18. The van der Waals surface area contributed by atoms with Crippen LogP contribution in [0.5, 0.6) is 0 Å². The molecule has 0 aliphatic rings. The lowest BCUT2D eigenvalue weighted by molar-refractivity contribution is 0.481. The molecule has 0 aromatic heterocycles. The maximum atomic E-state index is 11.1. The van der Waals surface area contributed by atoms with Crippen LogP contribution >= 0.6 is 0 Å². The first kappa shape index (κ1) is 17.0. The fourth-order valence-corrected chi connectivity index (χ4v) is 2.79. The first-order valence-corrected chi connectivity index (χ1v) is 8.82. The zero-order valence-corrected chi connectivity index (χ0v) is 13.0. The van der Waals surface area contributed by atoms with Crippen LogP contribution in [0.4, 0.5) is 17.1 Å². The van der Waals surface area contributed by atoms with E-state index in [9.17, 15) is 16.8 Å². The number of hydrogen-bond acceptors (Lipinski definition) is 7. The molecule has 2 aromatic rings. The number of nitrogens with two attached hydrogens (primary N) is 1. The molecular formula is C12H11N3O6S2. The lowest BCUT2D eigenvalue weighted by Crippen LogP contribution is -2.02. The summed E-state index contributed by atoms with van der Waals surface area (Å²) in [5.41, 5.74) is 5.48. The Morgan fingerprint density at radius 3 is 2.00 bits per heavy atom. The molecule has 11 heteroatoms. The summed E-state index contributed by atoms with van der Waals surface area (Å²) in [6.45, 7) is 0. The summed E-state index contributed by atoms with van der Waals surface area (Å²) in [5.74, 6) is 0. The third-order valence-electron chi connectivity index (χ3n) is 2.67. The number of nitrogens with zero attached hydrogens (tertiary/aromatic N) is 2. The highest BCUT2D eigenvalue weighted by Crippen LogP contribution is 2.26. The van der Waals surface area contributed by atoms with Crippen molar-refractivity contribution in [3.8, 4) is 0 Å². The minimum Gasteiger partial charge on any atom is -0.398 e. The van der Waals surface area contributed by atoms with Crippen LogP contribution in [0.3, 0.4) is 0 Å². The van der Waals surface area contributed by atoms with Crippen molar-refractivity contribution in [3.05, 3.63) is 42.5 Å². The Morgan fingerprint density at radius 2 is 1.43 bits per heavy atom. The molecule has 0 aliphatic carbocycles. The summed E-state index contributed by atoms with van der Waals surface area (Å²) in [6, 6.07) is 8.64. The number of anilines is 1. The van der Waals surface area contributed by atoms with Crippen LogP contribution in [-0.2, 0) is 20.2 Å². The summed E-state index contributed by atoms with van der Waals surface area (Å²) in [4.78, 5) is -0.870. The Balaban J connectivity index is 2.39. The number of benzene rings is 2. The normalized spacial score (nSPS) is 12.6. The van der Waals surface area contributed by atoms with E-state index in [2.05, 4.69) is 10.2 Å². The highest BCUT2D eigenvalue weighted by Gasteiger charge is 2.14. The van der Waals surface area contributed by atoms with Gasteiger partial charge in [-0.15, -0.1) is 0 Å². The van der Waals surface area contributed by atoms with Crippen molar-refractivity contribution < 1.29 is 25.9 Å². The average Bonchev–Trinajstić information content (AvgIpc) is 2.44. The quantitative estimate of drug-likeness (QED) is 0.429. The second-order valence-electron chi connectivity index (χ2n) is 4.37. The van der Waals surface area contributed by atoms with E-state index in [0.717, 1.165) is 12.1 Å². The number of azo groups is 1. The summed E-state index contributed by atoms with van der Waals surface area (Å²) in [6.07, 6.45) is 0. The van der Waals surface area contributed by atoms with E-state index in [1.807, 2.05) is 0 Å². The molecule has 0 amide bonds. The number of hydrogen-bond donors (Lipinski definition) is 3. The van der Waals surface area contributed by atoms with E-state index in [4.69, 9.17) is 14.8 Å². The minimum atomic E-state index is -4.50. The molecule has 4 N–H and O–H groups in total. The molecule has 0 heterocycles. The molecule has 23 heavy (non-hydrogen) atoms. The number of rotatable bonds is 4. The van der Waals surface area contributed by atoms with E-state index in [1.54, 1.807) is 0 Å². The summed E-state index contributed by atoms with van der Waals surface area (Å²) < 4.78 is 62.3. The van der Waals surface area contributed by atoms with Crippen molar-refractivity contribution in [1.82, 2.24) is 0 Å². The highest BCUT2D eigenvalue weighted by molar-refractivity contribution is 7.86. The molecular weight excluding hydrogens is 346 g/mol. The van der Waals surface area contributed by atoms with Gasteiger partial charge >= 0.3 is 0 Å². The van der Waals surface area contributed by atoms with Gasteiger partial charge in [-0.25, -0.2) is 0 Å². The molecule has 0 saturated heterocycles. The predicted octanol–water partition coefficient (Wildman–Crippen LogP) is 2.18. The molecule has 0 bridgehead atoms. The lowest BCUT2D eigenvalue weighted by Gasteiger charge is -2.02. The Hall–Kier alpha value is -2.34. The molecule has 0 radical (unpaired) electrons. The van der Waals surface area contributed by atoms with Gasteiger partial charge in [0.05, 0.1) is 22.0 Å². The topological polar surface area (TPSA) is 159 Å². The van der Waals surface area contributed by atoms with Gasteiger partial charge in [0.15, 0.2) is 0 Å². The van der Waals surface area contributed by atoms with E-state index >= 15 is 0 Å². The third kappa shape index (κ3) is 4.32. The first-order valence-electron chi connectivity index (χ1n) is 5.94. The fraction of sp³-hybridized carbons (Fsp3) is 0. The molecule has 0 fully saturated rings. The molecule has 122 valence electrons. The van der Waals surface area contributed by atoms with Crippen molar-refractivity contribution >= 4 is 37.3 Å². The molecule has 0 aliphatic heterocycles. The Kier molecular flexibility index (Phi) is 4.47. The lowest BCUT2D eigenvalue weighted by atomic mass is 10.3. The Labute approximate surface area is 132 Å². The Morgan fingerprint density at radius 1 is 0.826 bits per heavy atom. The van der Waals surface area contributed by atoms with Crippen molar-refractivity contribution in [2.24, 2.45) is 10.2 Å². The molecule has 9 nitrogen and oxygen atoms in total. The van der Waals surface area contributed by atoms with Gasteiger partial charge in [0.1, 0.15) is 4.90 Å². The van der Waals surface area contributed by atoms with Crippen molar-refractivity contribution in [2.45, 2.75) is 9.79 Å². The SMILES string of the molecule is Nc1ccc(N=Nc2cccc(S(=O)(=O)O)c2)cc1S(=O)(=O)O. The summed E-state index contributed by atoms with van der Waals surface area (Å²) >= 11 is 0. The van der Waals surface area contributed by atoms with Gasteiger partial charge in [0.25, 0.3) is 20.2 Å². The fourth-order valence-electron chi connectivity index (χ4n) is 1.63. The van der Waals surface area contributed by atoms with E-state index in [1.165, 1.54) is 30.3 Å². The standard InChI is InChI=1S/C12H11N3O6S2/c13-11-5-4-9(7-12(11)23(19,20)21)15-14-8-2-1-3-10(6-8)22(16,17)18/h1-7H,13H2,(H,16,17,18)(H,19,20,21). The molecule has 0 spiro atoms. The monoisotopic (exact) mass is 357 g/mol. The van der Waals surface area contributed by atoms with E-state index in [0.29, 0.717) is 0 Å². The van der Waals surface area contributed by atoms with Crippen molar-refractivity contribution in [3.63, 3.8) is 0 Å². The largest absolute Gasteiger partial charge is 0.398 e. The van der Waals surface area contributed by atoms with Crippen LogP contribution in [0.15, 0.2) is 62.5 Å². The van der Waals surface area contributed by atoms with Gasteiger partial charge < -0.3 is 5.73 Å². The van der Waals surface area contributed by atoms with Crippen LogP contribution in [0.2, 0.25) is 0 Å². The second kappa shape index (κ2) is 6.04. The van der Waals surface area contributed by atoms with Gasteiger partial charge in [-0.05, 0) is 36.4 Å². The molecule has 0 unspecified atom stereocenters. The Bertz CT molecular complexity index is 984. The maximum Gasteiger partial charge on any atom is 0.296 e. The molecule has 2 aromatic carbocycles. The zero-order valence-electron chi connectivity index (χ0n) is 11.4. The van der Waals surface area contributed by atoms with Gasteiger partial charge in [-0.3, -0.25) is 9.11 Å². The van der Waals surface area contributed by atoms with Crippen molar-refractivity contribution in [2.75, 3.05) is 5.73 Å². The summed E-state index contributed by atoms with van der Waals surface area (Å²) in [5, 5.41) is 7.47. The van der Waals surface area contributed by atoms with Gasteiger partial charge in [-0.2, -0.15) is 27.1 Å². The van der Waals surface area contributed by atoms with Crippen LogP contribution < -0.4 is 5.73 Å². The summed E-state index contributed by atoms with van der Waals surface area (Å²) in [7, 11) is -8.87. The molecule has 0 saturated carbocycles. The minimum absolute atomic E-state index is 0.0732. The predicted molar refractivity (Wildman–Crippen MR) is 81.1 cm³/mol. The molecule has 2 rings (SSSR count). The van der Waals surface area contributed by atoms with Gasteiger partial charge in [-0.1, -0.05) is 6.07 Å². The van der Waals surface area contributed by atoms with Crippen molar-refractivity contribution in [1.29, 1.82) is 0 Å². The first-order chi connectivity index (χ1) is 10.6. The average molecular weight is 357 g/mol. The zero-order chi connectivity index (χ0) is 17.3. The third-order valence-corrected chi connectivity index (χ3v) is 4.43. The van der Waals surface area contributed by atoms with Crippen LogP contribution in [-0.4, -0.2) is 25.9 Å². The number of nitrogen functional groups attached to an aromatic ring is 1. The van der Waals surface area contributed by atoms with Crippen LogP contribution in [0.1, 0.15) is 0 Å². The highest BCUT2D eigenvalue weighted by atomic mass is 32.2. The smallest absolute Gasteiger partial charge is 0.296 e. The van der Waals surface area contributed by atoms with E-state index < -0.39 is 25.1 Å². The van der Waals surface area contributed by atoms with Gasteiger partial charge in [0, 0.05) is 0 Å². The molecule has 0 atom stereocenters. The maximum absolute atomic E-state index is 11.1. The van der Waals surface area contributed by atoms with Crippen LogP contribution in [0, 0.1) is 0 Å². The van der Waals surface area contributed by atoms with Gasteiger partial charge in [0.2, 0.25) is 0 Å². The van der Waals surface area contributed by atoms with E-state index in [-0.39, 0.29) is 22.0 Å².